The molecule has 1 aromatic heterocycles. The fraction of sp³-hybridized carbons (Fsp3) is 0.500. The third-order valence-corrected chi connectivity index (χ3v) is 3.41. The predicted molar refractivity (Wildman–Crippen MR) is 70.4 cm³/mol. The smallest absolute Gasteiger partial charge is 0.307 e. The summed E-state index contributed by atoms with van der Waals surface area (Å²) in [7, 11) is 3.13. The first-order chi connectivity index (χ1) is 8.67. The molecule has 18 heavy (non-hydrogen) atoms. The Morgan fingerprint density at radius 1 is 1.50 bits per heavy atom. The second-order valence-electron chi connectivity index (χ2n) is 3.77. The molecular weight excluding hydrogens is 252 g/mol. The molecule has 1 unspecified atom stereocenters. The van der Waals surface area contributed by atoms with Crippen LogP contribution in [0, 0.1) is 0 Å². The minimum Gasteiger partial charge on any atom is -0.469 e. The number of hydrogen-bond donors (Lipinski definition) is 2. The number of hydrogen-bond acceptors (Lipinski definition) is 5. The van der Waals surface area contributed by atoms with Crippen molar-refractivity contribution in [2.45, 2.75) is 18.9 Å². The molecule has 2 N–H and O–H groups in total. The Bertz CT molecular complexity index is 379. The summed E-state index contributed by atoms with van der Waals surface area (Å²) in [6.45, 7) is 0.612. The molecule has 0 bridgehead atoms. The summed E-state index contributed by atoms with van der Waals surface area (Å²) in [6.07, 6.45) is 0.544. The van der Waals surface area contributed by atoms with Gasteiger partial charge in [0.05, 0.1) is 19.6 Å². The molecule has 0 fully saturated rings. The maximum Gasteiger partial charge on any atom is 0.307 e. The summed E-state index contributed by atoms with van der Waals surface area (Å²) in [5.74, 6) is -0.408. The lowest BCUT2D eigenvalue weighted by atomic mass is 10.1. The van der Waals surface area contributed by atoms with E-state index in [1.165, 1.54) is 18.4 Å². The fourth-order valence-electron chi connectivity index (χ4n) is 1.47. The van der Waals surface area contributed by atoms with E-state index in [-0.39, 0.29) is 24.3 Å². The number of esters is 1. The molecule has 1 aromatic rings. The molecule has 1 heterocycles. The zero-order valence-electron chi connectivity index (χ0n) is 10.6. The van der Waals surface area contributed by atoms with Crippen molar-refractivity contribution in [1.82, 2.24) is 10.6 Å². The van der Waals surface area contributed by atoms with E-state index >= 15 is 0 Å². The normalized spacial score (nSPS) is 11.9. The largest absolute Gasteiger partial charge is 0.469 e. The third-order valence-electron chi connectivity index (χ3n) is 2.42. The molecule has 0 saturated carbocycles. The Hall–Kier alpha value is -1.40. The number of carbonyl (C=O) groups is 2. The Morgan fingerprint density at radius 2 is 2.28 bits per heavy atom. The second-order valence-corrected chi connectivity index (χ2v) is 4.75. The highest BCUT2D eigenvalue weighted by Gasteiger charge is 2.19. The number of ether oxygens (including phenoxy) is 1. The molecule has 1 rings (SSSR count). The third kappa shape index (κ3) is 4.85. The van der Waals surface area contributed by atoms with Crippen molar-refractivity contribution in [2.75, 3.05) is 20.7 Å². The van der Waals surface area contributed by atoms with Crippen LogP contribution in [0.3, 0.4) is 0 Å². The van der Waals surface area contributed by atoms with Crippen molar-refractivity contribution in [3.63, 3.8) is 0 Å². The number of carbonyl (C=O) groups excluding carboxylic acids is 2. The first kappa shape index (κ1) is 14.7. The number of nitrogens with one attached hydrogen (secondary N) is 2. The van der Waals surface area contributed by atoms with Crippen LogP contribution in [-0.2, 0) is 14.3 Å². The average molecular weight is 270 g/mol. The van der Waals surface area contributed by atoms with E-state index in [2.05, 4.69) is 15.4 Å². The lowest BCUT2D eigenvalue weighted by Crippen LogP contribution is -2.31. The van der Waals surface area contributed by atoms with Crippen LogP contribution in [0.15, 0.2) is 17.5 Å². The van der Waals surface area contributed by atoms with E-state index in [0.717, 1.165) is 4.88 Å². The van der Waals surface area contributed by atoms with Gasteiger partial charge in [-0.1, -0.05) is 6.07 Å². The van der Waals surface area contributed by atoms with Crippen molar-refractivity contribution in [1.29, 1.82) is 0 Å². The predicted octanol–water partition coefficient (Wildman–Crippen LogP) is 1.08. The first-order valence-electron chi connectivity index (χ1n) is 5.71. The number of methoxy groups -OCH3 is 1. The van der Waals surface area contributed by atoms with Gasteiger partial charge in [-0.2, -0.15) is 0 Å². The van der Waals surface area contributed by atoms with E-state index in [0.29, 0.717) is 13.0 Å². The highest BCUT2D eigenvalue weighted by atomic mass is 32.1. The SMILES string of the molecule is CNCCC(=O)NC(CC(=O)OC)c1cccs1. The summed E-state index contributed by atoms with van der Waals surface area (Å²) >= 11 is 1.51. The maximum absolute atomic E-state index is 11.7. The first-order valence-corrected chi connectivity index (χ1v) is 6.59. The quantitative estimate of drug-likeness (QED) is 0.728. The van der Waals surface area contributed by atoms with Gasteiger partial charge in [0.25, 0.3) is 0 Å². The Morgan fingerprint density at radius 3 is 2.83 bits per heavy atom. The van der Waals surface area contributed by atoms with Crippen molar-refractivity contribution < 1.29 is 14.3 Å². The van der Waals surface area contributed by atoms with Crippen molar-refractivity contribution in [3.8, 4) is 0 Å². The monoisotopic (exact) mass is 270 g/mol. The molecule has 0 aliphatic rings. The Balaban J connectivity index is 2.60. The van der Waals surface area contributed by atoms with Crippen LogP contribution in [0.4, 0.5) is 0 Å². The van der Waals surface area contributed by atoms with Crippen molar-refractivity contribution >= 4 is 23.2 Å². The fourth-order valence-corrected chi connectivity index (χ4v) is 2.25. The Labute approximate surface area is 111 Å². The summed E-state index contributed by atoms with van der Waals surface area (Å²) in [6, 6.07) is 3.49. The van der Waals surface area contributed by atoms with Crippen LogP contribution in [0.25, 0.3) is 0 Å². The van der Waals surface area contributed by atoms with Gasteiger partial charge in [-0.15, -0.1) is 11.3 Å². The maximum atomic E-state index is 11.7. The van der Waals surface area contributed by atoms with Gasteiger partial charge in [0.15, 0.2) is 0 Å². The number of amides is 1. The van der Waals surface area contributed by atoms with Crippen LogP contribution in [-0.4, -0.2) is 32.6 Å². The topological polar surface area (TPSA) is 67.4 Å². The number of thiophene rings is 1. The molecule has 0 aromatic carbocycles. The lowest BCUT2D eigenvalue weighted by molar-refractivity contribution is -0.141. The van der Waals surface area contributed by atoms with Crippen molar-refractivity contribution in [3.05, 3.63) is 22.4 Å². The summed E-state index contributed by atoms with van der Waals surface area (Å²) < 4.78 is 4.64. The van der Waals surface area contributed by atoms with E-state index in [4.69, 9.17) is 0 Å². The zero-order valence-corrected chi connectivity index (χ0v) is 11.4. The molecule has 100 valence electrons. The molecule has 5 nitrogen and oxygen atoms in total. The van der Waals surface area contributed by atoms with Gasteiger partial charge in [0, 0.05) is 17.8 Å². The van der Waals surface area contributed by atoms with Crippen LogP contribution < -0.4 is 10.6 Å². The minimum atomic E-state index is -0.331. The molecule has 0 aliphatic carbocycles. The summed E-state index contributed by atoms with van der Waals surface area (Å²) in [4.78, 5) is 24.0. The summed E-state index contributed by atoms with van der Waals surface area (Å²) in [5.41, 5.74) is 0. The van der Waals surface area contributed by atoms with Gasteiger partial charge < -0.3 is 15.4 Å². The standard InChI is InChI=1S/C12H18N2O3S/c1-13-6-5-11(15)14-9(8-12(16)17-2)10-4-3-7-18-10/h3-4,7,9,13H,5-6,8H2,1-2H3,(H,14,15). The molecular formula is C12H18N2O3S. The van der Waals surface area contributed by atoms with Gasteiger partial charge in [0.2, 0.25) is 5.91 Å². The van der Waals surface area contributed by atoms with E-state index in [9.17, 15) is 9.59 Å². The zero-order chi connectivity index (χ0) is 13.4. The van der Waals surface area contributed by atoms with Crippen molar-refractivity contribution in [2.24, 2.45) is 0 Å². The highest BCUT2D eigenvalue weighted by Crippen LogP contribution is 2.22. The van der Waals surface area contributed by atoms with Gasteiger partial charge in [0.1, 0.15) is 0 Å². The molecule has 0 aliphatic heterocycles. The van der Waals surface area contributed by atoms with E-state index in [1.54, 1.807) is 7.05 Å². The van der Waals surface area contributed by atoms with E-state index < -0.39 is 0 Å². The van der Waals surface area contributed by atoms with Crippen LogP contribution >= 0.6 is 11.3 Å². The lowest BCUT2D eigenvalue weighted by Gasteiger charge is -2.16. The average Bonchev–Trinajstić information content (AvgIpc) is 2.89. The Kier molecular flexibility index (Phi) is 6.38. The van der Waals surface area contributed by atoms with Gasteiger partial charge >= 0.3 is 5.97 Å². The minimum absolute atomic E-state index is 0.0772. The molecule has 0 spiro atoms. The molecule has 1 amide bonds. The molecule has 6 heteroatoms. The molecule has 0 radical (unpaired) electrons. The van der Waals surface area contributed by atoms with E-state index in [1.807, 2.05) is 17.5 Å². The van der Waals surface area contributed by atoms with Crippen LogP contribution in [0.1, 0.15) is 23.8 Å². The molecule has 1 atom stereocenters. The van der Waals surface area contributed by atoms with Crippen LogP contribution in [0.2, 0.25) is 0 Å². The highest BCUT2D eigenvalue weighted by molar-refractivity contribution is 7.10. The van der Waals surface area contributed by atoms with Gasteiger partial charge in [-0.25, -0.2) is 0 Å². The van der Waals surface area contributed by atoms with Gasteiger partial charge in [-0.05, 0) is 18.5 Å². The summed E-state index contributed by atoms with van der Waals surface area (Å²) in [5, 5.41) is 7.67. The van der Waals surface area contributed by atoms with Crippen LogP contribution in [0.5, 0.6) is 0 Å². The van der Waals surface area contributed by atoms with Gasteiger partial charge in [-0.3, -0.25) is 9.59 Å². The second kappa shape index (κ2) is 7.84. The molecule has 0 saturated heterocycles. The number of rotatable bonds is 7.